The number of carbonyl (C=O) groups excluding carboxylic acids is 2. The topological polar surface area (TPSA) is 119 Å². The molecule has 2 amide bonds. The van der Waals surface area contributed by atoms with Gasteiger partial charge in [0.15, 0.2) is 5.82 Å². The molecule has 0 radical (unpaired) electrons. The molecule has 160 valence electrons. The van der Waals surface area contributed by atoms with Gasteiger partial charge in [-0.1, -0.05) is 13.0 Å². The number of nitrogens with one attached hydrogen (secondary N) is 1. The zero-order chi connectivity index (χ0) is 21.9. The highest BCUT2D eigenvalue weighted by Crippen LogP contribution is 2.59. The van der Waals surface area contributed by atoms with Crippen molar-refractivity contribution in [1.29, 1.82) is 0 Å². The van der Waals surface area contributed by atoms with Crippen LogP contribution in [-0.2, 0) is 16.0 Å². The van der Waals surface area contributed by atoms with Gasteiger partial charge in [0.25, 0.3) is 0 Å². The molecule has 0 spiro atoms. The second-order valence-corrected chi connectivity index (χ2v) is 9.44. The Labute approximate surface area is 187 Å². The maximum Gasteiger partial charge on any atom is 0.248 e. The van der Waals surface area contributed by atoms with Crippen LogP contribution in [0.1, 0.15) is 31.0 Å². The fraction of sp³-hybridized carbons (Fsp3) is 0.381. The zero-order valence-electron chi connectivity index (χ0n) is 17.2. The minimum atomic E-state index is -0.526. The molecule has 1 aliphatic heterocycles. The number of piperidine rings is 1. The first kappa shape index (κ1) is 19.9. The first-order chi connectivity index (χ1) is 14.8. The normalized spacial score (nSPS) is 24.3. The molecule has 10 heteroatoms. The Morgan fingerprint density at radius 1 is 1.29 bits per heavy atom. The predicted octanol–water partition coefficient (Wildman–Crippen LogP) is 2.34. The Balaban J connectivity index is 1.39. The largest absolute Gasteiger partial charge is 0.382 e. The highest BCUT2D eigenvalue weighted by molar-refractivity contribution is 9.10. The van der Waals surface area contributed by atoms with Crippen molar-refractivity contribution in [1.82, 2.24) is 24.5 Å². The van der Waals surface area contributed by atoms with E-state index in [1.807, 2.05) is 25.1 Å². The van der Waals surface area contributed by atoms with Crippen LogP contribution >= 0.6 is 15.9 Å². The van der Waals surface area contributed by atoms with Crippen molar-refractivity contribution in [3.05, 3.63) is 46.5 Å². The fourth-order valence-electron chi connectivity index (χ4n) is 4.58. The smallest absolute Gasteiger partial charge is 0.248 e. The molecule has 9 nitrogen and oxygen atoms in total. The number of aromatic nitrogens is 4. The van der Waals surface area contributed by atoms with Crippen LogP contribution in [0.2, 0.25) is 0 Å². The number of likely N-dealkylation sites (tertiary alicyclic amines) is 1. The summed E-state index contributed by atoms with van der Waals surface area (Å²) in [4.78, 5) is 36.6. The number of nitrogens with zero attached hydrogens (tertiary/aromatic N) is 5. The molecule has 3 atom stereocenters. The number of aryl methyl sites for hydroxylation is 1. The van der Waals surface area contributed by atoms with E-state index in [0.29, 0.717) is 33.9 Å². The van der Waals surface area contributed by atoms with Crippen LogP contribution < -0.4 is 11.1 Å². The van der Waals surface area contributed by atoms with E-state index in [0.717, 1.165) is 12.0 Å². The van der Waals surface area contributed by atoms with Crippen molar-refractivity contribution < 1.29 is 9.59 Å². The SMILES string of the molecule is Cc1ccc(Br)nc1NC(=O)C1CC2(C)CC2N1C(=O)Cc1ccc2c(N)ncnn12. The lowest BCUT2D eigenvalue weighted by molar-refractivity contribution is -0.137. The van der Waals surface area contributed by atoms with Crippen LogP contribution in [-0.4, -0.2) is 48.4 Å². The summed E-state index contributed by atoms with van der Waals surface area (Å²) in [5.74, 6) is 0.561. The van der Waals surface area contributed by atoms with Crippen LogP contribution in [0.15, 0.2) is 35.2 Å². The van der Waals surface area contributed by atoms with Crippen LogP contribution in [0, 0.1) is 12.3 Å². The van der Waals surface area contributed by atoms with Gasteiger partial charge >= 0.3 is 0 Å². The number of amides is 2. The number of fused-ring (bicyclic) bond motifs is 2. The van der Waals surface area contributed by atoms with Gasteiger partial charge in [-0.05, 0) is 64.9 Å². The standard InChI is InChI=1S/C21H22BrN7O2/c1-11-3-6-16(22)26-19(11)27-20(31)14-8-21(2)9-15(21)28(14)17(30)7-12-4-5-13-18(23)24-10-25-29(12)13/h3-6,10,14-15H,7-9H2,1-2H3,(H2,23,24,25)(H,26,27,31). The van der Waals surface area contributed by atoms with Gasteiger partial charge in [0.05, 0.1) is 12.1 Å². The third kappa shape index (κ3) is 3.34. The van der Waals surface area contributed by atoms with Crippen LogP contribution in [0.25, 0.3) is 5.52 Å². The molecular weight excluding hydrogens is 462 g/mol. The molecule has 1 saturated heterocycles. The first-order valence-electron chi connectivity index (χ1n) is 10.1. The monoisotopic (exact) mass is 483 g/mol. The lowest BCUT2D eigenvalue weighted by atomic mass is 10.0. The van der Waals surface area contributed by atoms with Crippen molar-refractivity contribution in [3.8, 4) is 0 Å². The number of rotatable bonds is 4. The van der Waals surface area contributed by atoms with Gasteiger partial charge in [0, 0.05) is 6.04 Å². The summed E-state index contributed by atoms with van der Waals surface area (Å²) in [5.41, 5.74) is 8.13. The molecule has 3 aromatic heterocycles. The second kappa shape index (κ2) is 7.01. The predicted molar refractivity (Wildman–Crippen MR) is 118 cm³/mol. The molecule has 2 fully saturated rings. The van der Waals surface area contributed by atoms with Gasteiger partial charge in [-0.3, -0.25) is 9.59 Å². The van der Waals surface area contributed by atoms with E-state index in [9.17, 15) is 9.59 Å². The fourth-order valence-corrected chi connectivity index (χ4v) is 4.89. The third-order valence-electron chi connectivity index (χ3n) is 6.42. The molecule has 0 bridgehead atoms. The Kier molecular flexibility index (Phi) is 4.51. The Morgan fingerprint density at radius 2 is 2.10 bits per heavy atom. The Bertz CT molecular complexity index is 1230. The molecule has 3 aromatic rings. The average Bonchev–Trinajstić information content (AvgIpc) is 3.06. The maximum atomic E-state index is 13.3. The van der Waals surface area contributed by atoms with Crippen molar-refractivity contribution in [2.24, 2.45) is 5.41 Å². The summed E-state index contributed by atoms with van der Waals surface area (Å²) in [6, 6.07) is 6.89. The highest BCUT2D eigenvalue weighted by atomic mass is 79.9. The summed E-state index contributed by atoms with van der Waals surface area (Å²) in [5, 5.41) is 7.13. The number of carbonyl (C=O) groups is 2. The Hall–Kier alpha value is -3.01. The lowest BCUT2D eigenvalue weighted by Gasteiger charge is -2.27. The molecule has 3 unspecified atom stereocenters. The summed E-state index contributed by atoms with van der Waals surface area (Å²) in [6.45, 7) is 4.02. The quantitative estimate of drug-likeness (QED) is 0.549. The van der Waals surface area contributed by atoms with E-state index in [1.165, 1.54) is 6.33 Å². The van der Waals surface area contributed by atoms with Crippen molar-refractivity contribution in [2.75, 3.05) is 11.1 Å². The van der Waals surface area contributed by atoms with E-state index in [2.05, 4.69) is 43.2 Å². The molecule has 0 aromatic carbocycles. The minimum Gasteiger partial charge on any atom is -0.382 e. The number of anilines is 2. The van der Waals surface area contributed by atoms with Gasteiger partial charge in [0.2, 0.25) is 11.8 Å². The first-order valence-corrected chi connectivity index (χ1v) is 10.9. The summed E-state index contributed by atoms with van der Waals surface area (Å²) < 4.78 is 2.27. The summed E-state index contributed by atoms with van der Waals surface area (Å²) in [6.07, 6.45) is 3.07. The number of pyridine rings is 1. The van der Waals surface area contributed by atoms with E-state index in [1.54, 1.807) is 15.5 Å². The molecule has 5 rings (SSSR count). The number of hydrogen-bond acceptors (Lipinski definition) is 6. The average molecular weight is 484 g/mol. The van der Waals surface area contributed by atoms with Gasteiger partial charge < -0.3 is 16.0 Å². The van der Waals surface area contributed by atoms with Gasteiger partial charge in [-0.2, -0.15) is 5.10 Å². The Morgan fingerprint density at radius 3 is 2.90 bits per heavy atom. The molecule has 2 aliphatic rings. The van der Waals surface area contributed by atoms with Gasteiger partial charge in [-0.25, -0.2) is 14.5 Å². The summed E-state index contributed by atoms with van der Waals surface area (Å²) >= 11 is 3.34. The number of nitrogen functional groups attached to an aromatic ring is 1. The third-order valence-corrected chi connectivity index (χ3v) is 6.86. The minimum absolute atomic E-state index is 0.00869. The molecular formula is C21H22BrN7O2. The van der Waals surface area contributed by atoms with Crippen LogP contribution in [0.4, 0.5) is 11.6 Å². The molecule has 1 aliphatic carbocycles. The van der Waals surface area contributed by atoms with E-state index in [4.69, 9.17) is 5.73 Å². The van der Waals surface area contributed by atoms with Crippen LogP contribution in [0.5, 0.6) is 0 Å². The number of hydrogen-bond donors (Lipinski definition) is 2. The zero-order valence-corrected chi connectivity index (χ0v) is 18.8. The van der Waals surface area contributed by atoms with E-state index >= 15 is 0 Å². The van der Waals surface area contributed by atoms with Gasteiger partial charge in [-0.15, -0.1) is 0 Å². The molecule has 3 N–H and O–H groups in total. The van der Waals surface area contributed by atoms with E-state index < -0.39 is 6.04 Å². The number of halogens is 1. The van der Waals surface area contributed by atoms with Crippen molar-refractivity contribution in [2.45, 2.75) is 45.2 Å². The highest BCUT2D eigenvalue weighted by Gasteiger charge is 2.64. The van der Waals surface area contributed by atoms with Crippen LogP contribution in [0.3, 0.4) is 0 Å². The van der Waals surface area contributed by atoms with Crippen molar-refractivity contribution in [3.63, 3.8) is 0 Å². The molecule has 31 heavy (non-hydrogen) atoms. The maximum absolute atomic E-state index is 13.3. The molecule has 4 heterocycles. The summed E-state index contributed by atoms with van der Waals surface area (Å²) in [7, 11) is 0. The van der Waals surface area contributed by atoms with Crippen molar-refractivity contribution >= 4 is 44.9 Å². The lowest BCUT2D eigenvalue weighted by Crippen LogP contribution is -2.46. The second-order valence-electron chi connectivity index (χ2n) is 8.63. The van der Waals surface area contributed by atoms with E-state index in [-0.39, 0.29) is 29.7 Å². The van der Waals surface area contributed by atoms with Gasteiger partial charge in [0.1, 0.15) is 28.3 Å². The number of nitrogens with two attached hydrogens (primary N) is 1. The molecule has 1 saturated carbocycles.